The van der Waals surface area contributed by atoms with E-state index in [1.54, 1.807) is 0 Å². The van der Waals surface area contributed by atoms with Gasteiger partial charge < -0.3 is 10.1 Å². The molecule has 1 unspecified atom stereocenters. The topological polar surface area (TPSA) is 21.3 Å². The van der Waals surface area contributed by atoms with E-state index in [0.717, 1.165) is 12.3 Å². The van der Waals surface area contributed by atoms with Crippen molar-refractivity contribution >= 4 is 11.3 Å². The molecule has 3 heteroatoms. The van der Waals surface area contributed by atoms with Gasteiger partial charge in [0.25, 0.3) is 0 Å². The summed E-state index contributed by atoms with van der Waals surface area (Å²) in [6, 6.07) is 21.2. The Labute approximate surface area is 154 Å². The van der Waals surface area contributed by atoms with Crippen LogP contribution in [-0.4, -0.2) is 0 Å². The number of rotatable bonds is 7. The zero-order chi connectivity index (χ0) is 17.6. The van der Waals surface area contributed by atoms with Gasteiger partial charge >= 0.3 is 0 Å². The van der Waals surface area contributed by atoms with Gasteiger partial charge in [-0.1, -0.05) is 42.5 Å². The summed E-state index contributed by atoms with van der Waals surface area (Å²) in [5.74, 6) is 0.907. The monoisotopic (exact) mass is 351 g/mol. The number of benzene rings is 2. The second-order valence-electron chi connectivity index (χ2n) is 6.40. The van der Waals surface area contributed by atoms with Crippen LogP contribution in [-0.2, 0) is 13.2 Å². The minimum absolute atomic E-state index is 0.311. The van der Waals surface area contributed by atoms with Gasteiger partial charge in [-0.3, -0.25) is 0 Å². The lowest BCUT2D eigenvalue weighted by Crippen LogP contribution is -2.17. The Morgan fingerprint density at radius 1 is 1.00 bits per heavy atom. The lowest BCUT2D eigenvalue weighted by atomic mass is 10.1. The Morgan fingerprint density at radius 3 is 2.36 bits per heavy atom. The van der Waals surface area contributed by atoms with Gasteiger partial charge in [0.05, 0.1) is 0 Å². The largest absolute Gasteiger partial charge is 0.489 e. The number of thiophene rings is 1. The first-order chi connectivity index (χ1) is 12.1. The zero-order valence-electron chi connectivity index (χ0n) is 15.1. The number of hydrogen-bond acceptors (Lipinski definition) is 3. The number of hydrogen-bond donors (Lipinski definition) is 1. The van der Waals surface area contributed by atoms with E-state index in [4.69, 9.17) is 4.74 Å². The van der Waals surface area contributed by atoms with E-state index in [9.17, 15) is 0 Å². The van der Waals surface area contributed by atoms with Gasteiger partial charge in [-0.05, 0) is 55.7 Å². The molecule has 0 bridgehead atoms. The SMILES string of the molecule is Cc1cc(CNC(C)c2ccc(OCc3ccccc3)cc2)sc1C. The first-order valence-electron chi connectivity index (χ1n) is 8.68. The van der Waals surface area contributed by atoms with Crippen LogP contribution in [0.1, 0.15) is 39.4 Å². The van der Waals surface area contributed by atoms with Gasteiger partial charge in [0.15, 0.2) is 0 Å². The summed E-state index contributed by atoms with van der Waals surface area (Å²) in [4.78, 5) is 2.80. The summed E-state index contributed by atoms with van der Waals surface area (Å²) in [7, 11) is 0. The minimum Gasteiger partial charge on any atom is -0.489 e. The third-order valence-corrected chi connectivity index (χ3v) is 5.58. The van der Waals surface area contributed by atoms with E-state index < -0.39 is 0 Å². The molecule has 1 atom stereocenters. The Morgan fingerprint density at radius 2 is 1.72 bits per heavy atom. The standard InChI is InChI=1S/C22H25NOS/c1-16-13-22(25-18(16)3)14-23-17(2)20-9-11-21(12-10-20)24-15-19-7-5-4-6-8-19/h4-13,17,23H,14-15H2,1-3H3. The van der Waals surface area contributed by atoms with E-state index in [2.05, 4.69) is 68.6 Å². The molecule has 3 aromatic rings. The van der Waals surface area contributed by atoms with Crippen molar-refractivity contribution in [1.82, 2.24) is 5.32 Å². The fourth-order valence-corrected chi connectivity index (χ4v) is 3.71. The van der Waals surface area contributed by atoms with Gasteiger partial charge in [-0.2, -0.15) is 0 Å². The van der Waals surface area contributed by atoms with E-state index in [1.807, 2.05) is 29.5 Å². The molecule has 3 rings (SSSR count). The average Bonchev–Trinajstić information content (AvgIpc) is 2.97. The van der Waals surface area contributed by atoms with Crippen LogP contribution in [0.3, 0.4) is 0 Å². The third kappa shape index (κ3) is 4.94. The molecule has 0 fully saturated rings. The maximum absolute atomic E-state index is 5.85. The molecule has 1 heterocycles. The Hall–Kier alpha value is -2.10. The smallest absolute Gasteiger partial charge is 0.119 e. The van der Waals surface area contributed by atoms with E-state index >= 15 is 0 Å². The van der Waals surface area contributed by atoms with Gasteiger partial charge in [0.1, 0.15) is 12.4 Å². The van der Waals surface area contributed by atoms with Crippen LogP contribution in [0.4, 0.5) is 0 Å². The predicted octanol–water partition coefficient (Wildman–Crippen LogP) is 5.79. The normalized spacial score (nSPS) is 12.1. The van der Waals surface area contributed by atoms with Crippen LogP contribution in [0.25, 0.3) is 0 Å². The molecule has 0 saturated heterocycles. The molecular formula is C22H25NOS. The summed E-state index contributed by atoms with van der Waals surface area (Å²) in [6.07, 6.45) is 0. The molecule has 0 aliphatic carbocycles. The Bertz CT molecular complexity index is 773. The molecule has 0 radical (unpaired) electrons. The molecule has 130 valence electrons. The summed E-state index contributed by atoms with van der Waals surface area (Å²) in [6.45, 7) is 8.07. The highest BCUT2D eigenvalue weighted by molar-refractivity contribution is 7.12. The fraction of sp³-hybridized carbons (Fsp3) is 0.273. The minimum atomic E-state index is 0.311. The van der Waals surface area contributed by atoms with Crippen LogP contribution in [0.15, 0.2) is 60.7 Å². The molecule has 0 amide bonds. The van der Waals surface area contributed by atoms with Crippen molar-refractivity contribution in [3.05, 3.63) is 87.1 Å². The third-order valence-electron chi connectivity index (χ3n) is 4.43. The summed E-state index contributed by atoms with van der Waals surface area (Å²) < 4.78 is 5.85. The van der Waals surface area contributed by atoms with Crippen molar-refractivity contribution in [3.63, 3.8) is 0 Å². The van der Waals surface area contributed by atoms with Gasteiger partial charge in [0.2, 0.25) is 0 Å². The van der Waals surface area contributed by atoms with E-state index in [0.29, 0.717) is 12.6 Å². The molecule has 1 N–H and O–H groups in total. The highest BCUT2D eigenvalue weighted by Gasteiger charge is 2.07. The van der Waals surface area contributed by atoms with Crippen LogP contribution in [0.2, 0.25) is 0 Å². The highest BCUT2D eigenvalue weighted by atomic mass is 32.1. The molecule has 0 aliphatic rings. The zero-order valence-corrected chi connectivity index (χ0v) is 15.9. The summed E-state index contributed by atoms with van der Waals surface area (Å²) in [5, 5.41) is 3.60. The first-order valence-corrected chi connectivity index (χ1v) is 9.49. The maximum Gasteiger partial charge on any atom is 0.119 e. The molecule has 25 heavy (non-hydrogen) atoms. The van der Waals surface area contributed by atoms with Gasteiger partial charge in [-0.15, -0.1) is 11.3 Å². The second-order valence-corrected chi connectivity index (χ2v) is 7.74. The lowest BCUT2D eigenvalue weighted by molar-refractivity contribution is 0.306. The maximum atomic E-state index is 5.85. The number of nitrogens with one attached hydrogen (secondary N) is 1. The average molecular weight is 352 g/mol. The molecule has 1 aromatic heterocycles. The van der Waals surface area contributed by atoms with E-state index in [-0.39, 0.29) is 0 Å². The molecular weight excluding hydrogens is 326 g/mol. The summed E-state index contributed by atoms with van der Waals surface area (Å²) >= 11 is 1.88. The molecule has 2 nitrogen and oxygen atoms in total. The molecule has 2 aromatic carbocycles. The number of aryl methyl sites for hydroxylation is 2. The van der Waals surface area contributed by atoms with E-state index in [1.165, 1.54) is 26.4 Å². The molecule has 0 spiro atoms. The quantitative estimate of drug-likeness (QED) is 0.581. The van der Waals surface area contributed by atoms with Crippen LogP contribution in [0.5, 0.6) is 5.75 Å². The predicted molar refractivity (Wildman–Crippen MR) is 106 cm³/mol. The van der Waals surface area contributed by atoms with Crippen molar-refractivity contribution in [2.45, 2.75) is 40.0 Å². The first kappa shape index (κ1) is 17.7. The second kappa shape index (κ2) is 8.32. The fourth-order valence-electron chi connectivity index (χ4n) is 2.70. The molecule has 0 saturated carbocycles. The van der Waals surface area contributed by atoms with Gasteiger partial charge in [-0.25, -0.2) is 0 Å². The van der Waals surface area contributed by atoms with Crippen LogP contribution in [0, 0.1) is 13.8 Å². The van der Waals surface area contributed by atoms with Crippen molar-refractivity contribution < 1.29 is 4.74 Å². The molecule has 0 aliphatic heterocycles. The van der Waals surface area contributed by atoms with Crippen molar-refractivity contribution in [2.24, 2.45) is 0 Å². The van der Waals surface area contributed by atoms with Crippen molar-refractivity contribution in [3.8, 4) is 5.75 Å². The Balaban J connectivity index is 1.52. The Kier molecular flexibility index (Phi) is 5.90. The number of ether oxygens (including phenoxy) is 1. The van der Waals surface area contributed by atoms with Crippen LogP contribution < -0.4 is 10.1 Å². The van der Waals surface area contributed by atoms with Crippen molar-refractivity contribution in [2.75, 3.05) is 0 Å². The lowest BCUT2D eigenvalue weighted by Gasteiger charge is -2.14. The summed E-state index contributed by atoms with van der Waals surface area (Å²) in [5.41, 5.74) is 3.84. The highest BCUT2D eigenvalue weighted by Crippen LogP contribution is 2.22. The van der Waals surface area contributed by atoms with Crippen LogP contribution >= 0.6 is 11.3 Å². The van der Waals surface area contributed by atoms with Gasteiger partial charge in [0, 0.05) is 22.3 Å². The van der Waals surface area contributed by atoms with Crippen molar-refractivity contribution in [1.29, 1.82) is 0 Å².